The number of nitrogens with one attached hydrogen (secondary N) is 1. The van der Waals surface area contributed by atoms with Crippen LogP contribution in [0.3, 0.4) is 0 Å². The molecule has 1 aromatic heterocycles. The first kappa shape index (κ1) is 14.3. The van der Waals surface area contributed by atoms with Gasteiger partial charge in [0.2, 0.25) is 0 Å². The summed E-state index contributed by atoms with van der Waals surface area (Å²) in [6.45, 7) is 2.83. The summed E-state index contributed by atoms with van der Waals surface area (Å²) >= 11 is 0.798. The van der Waals surface area contributed by atoms with E-state index in [0.717, 1.165) is 24.2 Å². The molecule has 0 bridgehead atoms. The first-order valence-electron chi connectivity index (χ1n) is 7.13. The summed E-state index contributed by atoms with van der Waals surface area (Å²) in [5.41, 5.74) is 0.855. The van der Waals surface area contributed by atoms with Crippen LogP contribution in [0.25, 0.3) is 0 Å². The fraction of sp³-hybridized carbons (Fsp3) is 0.769. The first-order chi connectivity index (χ1) is 9.43. The van der Waals surface area contributed by atoms with Gasteiger partial charge < -0.3 is 4.98 Å². The molecule has 20 heavy (non-hydrogen) atoms. The van der Waals surface area contributed by atoms with Crippen molar-refractivity contribution >= 4 is 21.4 Å². The van der Waals surface area contributed by atoms with Crippen molar-refractivity contribution in [2.24, 2.45) is 5.41 Å². The number of aromatic nitrogens is 1. The van der Waals surface area contributed by atoms with Crippen molar-refractivity contribution in [3.05, 3.63) is 15.4 Å². The van der Waals surface area contributed by atoms with Crippen molar-refractivity contribution < 1.29 is 8.42 Å². The van der Waals surface area contributed by atoms with Crippen LogP contribution < -0.4 is 4.87 Å². The number of hydrogen-bond donors (Lipinski definition) is 1. The van der Waals surface area contributed by atoms with E-state index in [4.69, 9.17) is 0 Å². The largest absolute Gasteiger partial charge is 0.315 e. The van der Waals surface area contributed by atoms with Gasteiger partial charge in [-0.15, -0.1) is 0 Å². The monoisotopic (exact) mass is 316 g/mol. The number of piperidine rings is 1. The van der Waals surface area contributed by atoms with E-state index >= 15 is 0 Å². The van der Waals surface area contributed by atoms with Crippen LogP contribution >= 0.6 is 11.3 Å². The highest BCUT2D eigenvalue weighted by Crippen LogP contribution is 2.46. The molecule has 0 unspecified atom stereocenters. The highest BCUT2D eigenvalue weighted by atomic mass is 32.2. The molecule has 1 N–H and O–H groups in total. The van der Waals surface area contributed by atoms with Crippen LogP contribution in [0.2, 0.25) is 0 Å². The van der Waals surface area contributed by atoms with Gasteiger partial charge >= 0.3 is 4.87 Å². The van der Waals surface area contributed by atoms with Gasteiger partial charge in [0.15, 0.2) is 4.21 Å². The molecule has 0 amide bonds. The molecule has 1 aromatic rings. The lowest BCUT2D eigenvalue weighted by molar-refractivity contribution is 0.160. The summed E-state index contributed by atoms with van der Waals surface area (Å²) in [4.78, 5) is 13.6. The minimum Gasteiger partial charge on any atom is -0.315 e. The number of hydrogen-bond acceptors (Lipinski definition) is 4. The lowest BCUT2D eigenvalue weighted by atomic mass is 9.78. The predicted octanol–water partition coefficient (Wildman–Crippen LogP) is 2.09. The number of thiazole rings is 1. The summed E-state index contributed by atoms with van der Waals surface area (Å²) in [5, 5.41) is 0. The van der Waals surface area contributed by atoms with Crippen LogP contribution in [0.1, 0.15) is 44.2 Å². The van der Waals surface area contributed by atoms with Gasteiger partial charge in [0.1, 0.15) is 0 Å². The van der Waals surface area contributed by atoms with E-state index in [1.807, 2.05) is 0 Å². The molecule has 2 heterocycles. The highest BCUT2D eigenvalue weighted by Gasteiger charge is 2.40. The van der Waals surface area contributed by atoms with Crippen molar-refractivity contribution in [1.29, 1.82) is 0 Å². The van der Waals surface area contributed by atoms with Gasteiger partial charge in [-0.3, -0.25) is 4.79 Å². The maximum Gasteiger partial charge on any atom is 0.305 e. The highest BCUT2D eigenvalue weighted by molar-refractivity contribution is 7.91. The molecule has 0 radical (unpaired) electrons. The van der Waals surface area contributed by atoms with E-state index in [-0.39, 0.29) is 9.08 Å². The van der Waals surface area contributed by atoms with Crippen LogP contribution in [0.4, 0.5) is 0 Å². The van der Waals surface area contributed by atoms with Crippen molar-refractivity contribution in [2.75, 3.05) is 13.1 Å². The Labute approximate surface area is 123 Å². The van der Waals surface area contributed by atoms with Gasteiger partial charge in [-0.05, 0) is 38.0 Å². The standard InChI is InChI=1S/C13H20N2O3S2/c1-10-11(19-12(16)14-10)20(17,18)15-8-6-13(7-9-15)4-2-3-5-13/h2-9H2,1H3,(H,14,16). The van der Waals surface area contributed by atoms with Crippen molar-refractivity contribution in [3.63, 3.8) is 0 Å². The predicted molar refractivity (Wildman–Crippen MR) is 78.6 cm³/mol. The Bertz CT molecular complexity index is 643. The van der Waals surface area contributed by atoms with E-state index in [9.17, 15) is 13.2 Å². The third kappa shape index (κ3) is 2.35. The average Bonchev–Trinajstić information content (AvgIpc) is 2.97. The summed E-state index contributed by atoms with van der Waals surface area (Å²) < 4.78 is 26.9. The molecule has 2 aliphatic rings. The Hall–Kier alpha value is -0.660. The van der Waals surface area contributed by atoms with E-state index in [2.05, 4.69) is 4.98 Å². The van der Waals surface area contributed by atoms with Gasteiger partial charge in [-0.2, -0.15) is 4.31 Å². The number of nitrogens with zero attached hydrogens (tertiary/aromatic N) is 1. The Balaban J connectivity index is 1.80. The summed E-state index contributed by atoms with van der Waals surface area (Å²) in [6, 6.07) is 0. The average molecular weight is 316 g/mol. The van der Waals surface area contributed by atoms with Crippen LogP contribution in [-0.4, -0.2) is 30.8 Å². The Morgan fingerprint density at radius 2 is 1.75 bits per heavy atom. The second-order valence-corrected chi connectivity index (χ2v) is 9.15. The van der Waals surface area contributed by atoms with Gasteiger partial charge in [-0.1, -0.05) is 24.2 Å². The molecule has 2 fully saturated rings. The van der Waals surface area contributed by atoms with Crippen LogP contribution in [0, 0.1) is 12.3 Å². The lowest BCUT2D eigenvalue weighted by Gasteiger charge is -2.38. The minimum atomic E-state index is -3.50. The number of aromatic amines is 1. The van der Waals surface area contributed by atoms with Crippen molar-refractivity contribution in [3.8, 4) is 0 Å². The molecule has 7 heteroatoms. The summed E-state index contributed by atoms with van der Waals surface area (Å²) in [5.74, 6) is 0. The molecule has 1 saturated heterocycles. The normalized spacial score (nSPS) is 23.4. The number of rotatable bonds is 2. The first-order valence-corrected chi connectivity index (χ1v) is 9.39. The molecular weight excluding hydrogens is 296 g/mol. The Kier molecular flexibility index (Phi) is 3.54. The molecule has 112 valence electrons. The van der Waals surface area contributed by atoms with Gasteiger partial charge in [0, 0.05) is 18.8 Å². The lowest BCUT2D eigenvalue weighted by Crippen LogP contribution is -2.42. The second kappa shape index (κ2) is 4.96. The molecule has 0 atom stereocenters. The quantitative estimate of drug-likeness (QED) is 0.908. The van der Waals surface area contributed by atoms with Gasteiger partial charge in [-0.25, -0.2) is 8.42 Å². The topological polar surface area (TPSA) is 70.2 Å². The fourth-order valence-corrected chi connectivity index (χ4v) is 6.46. The zero-order chi connectivity index (χ0) is 14.4. The molecule has 1 saturated carbocycles. The van der Waals surface area contributed by atoms with E-state index in [0.29, 0.717) is 24.2 Å². The summed E-state index contributed by atoms with van der Waals surface area (Å²) in [6.07, 6.45) is 6.99. The molecule has 0 aromatic carbocycles. The molecule has 5 nitrogen and oxygen atoms in total. The van der Waals surface area contributed by atoms with Crippen molar-refractivity contribution in [2.45, 2.75) is 49.7 Å². The van der Waals surface area contributed by atoms with Crippen LogP contribution in [0.15, 0.2) is 9.00 Å². The maximum absolute atomic E-state index is 12.6. The summed E-state index contributed by atoms with van der Waals surface area (Å²) in [7, 11) is -3.50. The third-order valence-electron chi connectivity index (χ3n) is 4.80. The Morgan fingerprint density at radius 1 is 1.15 bits per heavy atom. The van der Waals surface area contributed by atoms with Crippen molar-refractivity contribution in [1.82, 2.24) is 9.29 Å². The third-order valence-corrected chi connectivity index (χ3v) is 8.28. The number of sulfonamides is 1. The fourth-order valence-electron chi connectivity index (χ4n) is 3.58. The number of aryl methyl sites for hydroxylation is 1. The zero-order valence-electron chi connectivity index (χ0n) is 11.6. The van der Waals surface area contributed by atoms with Gasteiger partial charge in [0.05, 0.1) is 0 Å². The maximum atomic E-state index is 12.6. The van der Waals surface area contributed by atoms with E-state index in [1.54, 1.807) is 11.2 Å². The zero-order valence-corrected chi connectivity index (χ0v) is 13.3. The minimum absolute atomic E-state index is 0.185. The molecule has 1 aliphatic heterocycles. The SMILES string of the molecule is Cc1[nH]c(=O)sc1S(=O)(=O)N1CCC2(CCCC2)CC1. The molecule has 3 rings (SSSR count). The second-order valence-electron chi connectivity index (χ2n) is 6.04. The molecule has 1 aliphatic carbocycles. The van der Waals surface area contributed by atoms with E-state index < -0.39 is 10.0 Å². The molecular formula is C13H20N2O3S2. The van der Waals surface area contributed by atoms with E-state index in [1.165, 1.54) is 25.7 Å². The van der Waals surface area contributed by atoms with Crippen LogP contribution in [-0.2, 0) is 10.0 Å². The van der Waals surface area contributed by atoms with Gasteiger partial charge in [0.25, 0.3) is 10.0 Å². The van der Waals surface area contributed by atoms with Crippen LogP contribution in [0.5, 0.6) is 0 Å². The Morgan fingerprint density at radius 3 is 2.25 bits per heavy atom. The smallest absolute Gasteiger partial charge is 0.305 e. The molecule has 1 spiro atoms. The number of H-pyrrole nitrogens is 1.